The van der Waals surface area contributed by atoms with Crippen molar-refractivity contribution in [2.24, 2.45) is 0 Å². The molecule has 0 unspecified atom stereocenters. The van der Waals surface area contributed by atoms with E-state index in [1.165, 1.54) is 0 Å². The standard InChI is InChI=1S/C18H10BrN3/c19-13-7-12(10-20)8-14(9-13)22-17-4-2-1-3-15(17)16-11-21-6-5-18(16)22/h1-9,11H. The van der Waals surface area contributed by atoms with Gasteiger partial charge in [0.2, 0.25) is 0 Å². The van der Waals surface area contributed by atoms with Crippen molar-refractivity contribution in [2.45, 2.75) is 0 Å². The van der Waals surface area contributed by atoms with Crippen molar-refractivity contribution >= 4 is 37.7 Å². The van der Waals surface area contributed by atoms with E-state index in [0.717, 1.165) is 32.0 Å². The fourth-order valence-corrected chi connectivity index (χ4v) is 3.34. The summed E-state index contributed by atoms with van der Waals surface area (Å²) < 4.78 is 3.05. The average molecular weight is 348 g/mol. The van der Waals surface area contributed by atoms with Gasteiger partial charge in [-0.2, -0.15) is 5.26 Å². The van der Waals surface area contributed by atoms with Gasteiger partial charge in [-0.3, -0.25) is 4.98 Å². The molecular formula is C18H10BrN3. The summed E-state index contributed by atoms with van der Waals surface area (Å²) in [4.78, 5) is 4.25. The Labute approximate surface area is 135 Å². The molecule has 0 aliphatic rings. The van der Waals surface area contributed by atoms with E-state index in [-0.39, 0.29) is 0 Å². The molecule has 0 fully saturated rings. The second-order valence-electron chi connectivity index (χ2n) is 5.06. The summed E-state index contributed by atoms with van der Waals surface area (Å²) in [5, 5.41) is 11.5. The van der Waals surface area contributed by atoms with Crippen molar-refractivity contribution in [2.75, 3.05) is 0 Å². The summed E-state index contributed by atoms with van der Waals surface area (Å²) in [5.74, 6) is 0. The van der Waals surface area contributed by atoms with Crippen LogP contribution in [0.2, 0.25) is 0 Å². The average Bonchev–Trinajstić information content (AvgIpc) is 2.89. The van der Waals surface area contributed by atoms with E-state index in [1.807, 2.05) is 42.6 Å². The summed E-state index contributed by atoms with van der Waals surface area (Å²) in [6, 6.07) is 18.2. The third kappa shape index (κ3) is 1.91. The molecular weight excluding hydrogens is 338 g/mol. The Hall–Kier alpha value is -2.64. The minimum Gasteiger partial charge on any atom is -0.309 e. The van der Waals surface area contributed by atoms with Gasteiger partial charge in [0.25, 0.3) is 0 Å². The molecule has 2 aromatic carbocycles. The Balaban J connectivity index is 2.18. The number of nitrogens with zero attached hydrogens (tertiary/aromatic N) is 3. The molecule has 0 saturated heterocycles. The van der Waals surface area contributed by atoms with Crippen LogP contribution in [-0.4, -0.2) is 9.55 Å². The Morgan fingerprint density at radius 1 is 1.00 bits per heavy atom. The number of halogens is 1. The number of benzene rings is 2. The Morgan fingerprint density at radius 3 is 2.68 bits per heavy atom. The molecule has 0 atom stereocenters. The maximum absolute atomic E-state index is 9.22. The first-order valence-electron chi connectivity index (χ1n) is 6.82. The van der Waals surface area contributed by atoms with Crippen molar-refractivity contribution in [3.05, 3.63) is 71.0 Å². The summed E-state index contributed by atoms with van der Waals surface area (Å²) in [6.45, 7) is 0. The molecule has 0 saturated carbocycles. The first-order valence-corrected chi connectivity index (χ1v) is 7.61. The second kappa shape index (κ2) is 4.97. The molecule has 0 bridgehead atoms. The summed E-state index contributed by atoms with van der Waals surface area (Å²) in [5.41, 5.74) is 3.78. The highest BCUT2D eigenvalue weighted by Gasteiger charge is 2.12. The molecule has 104 valence electrons. The topological polar surface area (TPSA) is 41.6 Å². The lowest BCUT2D eigenvalue weighted by Gasteiger charge is -2.08. The number of hydrogen-bond acceptors (Lipinski definition) is 2. The maximum atomic E-state index is 9.22. The predicted molar refractivity (Wildman–Crippen MR) is 91.0 cm³/mol. The Bertz CT molecular complexity index is 1000. The molecule has 4 heteroatoms. The number of hydrogen-bond donors (Lipinski definition) is 0. The van der Waals surface area contributed by atoms with Gasteiger partial charge in [-0.25, -0.2) is 0 Å². The molecule has 0 radical (unpaired) electrons. The van der Waals surface area contributed by atoms with E-state index in [4.69, 9.17) is 0 Å². The third-order valence-corrected chi connectivity index (χ3v) is 4.20. The van der Waals surface area contributed by atoms with E-state index in [1.54, 1.807) is 6.20 Å². The number of para-hydroxylation sites is 1. The Morgan fingerprint density at radius 2 is 1.82 bits per heavy atom. The van der Waals surface area contributed by atoms with Gasteiger partial charge in [-0.05, 0) is 30.3 Å². The van der Waals surface area contributed by atoms with Crippen molar-refractivity contribution < 1.29 is 0 Å². The van der Waals surface area contributed by atoms with Crippen LogP contribution in [0, 0.1) is 11.3 Å². The van der Waals surface area contributed by atoms with Crippen molar-refractivity contribution in [3.8, 4) is 11.8 Å². The smallest absolute Gasteiger partial charge is 0.0992 e. The molecule has 0 amide bonds. The van der Waals surface area contributed by atoms with E-state index in [2.05, 4.69) is 43.7 Å². The van der Waals surface area contributed by atoms with Crippen LogP contribution in [0.3, 0.4) is 0 Å². The Kier molecular flexibility index (Phi) is 2.95. The molecule has 2 aromatic heterocycles. The molecule has 3 nitrogen and oxygen atoms in total. The number of aromatic nitrogens is 2. The van der Waals surface area contributed by atoms with Gasteiger partial charge in [0.05, 0.1) is 22.7 Å². The highest BCUT2D eigenvalue weighted by Crippen LogP contribution is 2.32. The fraction of sp³-hybridized carbons (Fsp3) is 0. The van der Waals surface area contributed by atoms with Gasteiger partial charge in [0.15, 0.2) is 0 Å². The first-order chi connectivity index (χ1) is 10.8. The fourth-order valence-electron chi connectivity index (χ4n) is 2.86. The predicted octanol–water partition coefficient (Wildman–Crippen LogP) is 4.81. The minimum atomic E-state index is 0.629. The maximum Gasteiger partial charge on any atom is 0.0992 e. The number of fused-ring (bicyclic) bond motifs is 3. The van der Waals surface area contributed by atoms with Gasteiger partial charge in [0, 0.05) is 33.3 Å². The molecule has 4 rings (SSSR count). The summed E-state index contributed by atoms with van der Waals surface area (Å²) >= 11 is 3.49. The van der Waals surface area contributed by atoms with Crippen LogP contribution in [0.15, 0.2) is 65.4 Å². The number of pyridine rings is 1. The van der Waals surface area contributed by atoms with Gasteiger partial charge in [0.1, 0.15) is 0 Å². The zero-order valence-electron chi connectivity index (χ0n) is 11.5. The lowest BCUT2D eigenvalue weighted by atomic mass is 10.2. The third-order valence-electron chi connectivity index (χ3n) is 3.74. The SMILES string of the molecule is N#Cc1cc(Br)cc(-n2c3ccccc3c3cnccc32)c1. The zero-order chi connectivity index (χ0) is 15.1. The molecule has 22 heavy (non-hydrogen) atoms. The second-order valence-corrected chi connectivity index (χ2v) is 5.97. The van der Waals surface area contributed by atoms with Gasteiger partial charge in [-0.15, -0.1) is 0 Å². The van der Waals surface area contributed by atoms with Crippen LogP contribution < -0.4 is 0 Å². The van der Waals surface area contributed by atoms with E-state index < -0.39 is 0 Å². The monoisotopic (exact) mass is 347 g/mol. The molecule has 0 N–H and O–H groups in total. The highest BCUT2D eigenvalue weighted by atomic mass is 79.9. The summed E-state index contributed by atoms with van der Waals surface area (Å²) in [6.07, 6.45) is 3.68. The molecule has 0 aliphatic heterocycles. The highest BCUT2D eigenvalue weighted by molar-refractivity contribution is 9.10. The molecule has 2 heterocycles. The normalized spacial score (nSPS) is 10.9. The van der Waals surface area contributed by atoms with Crippen LogP contribution in [0.1, 0.15) is 5.56 Å². The zero-order valence-corrected chi connectivity index (χ0v) is 13.1. The van der Waals surface area contributed by atoms with E-state index in [0.29, 0.717) is 5.56 Å². The van der Waals surface area contributed by atoms with Crippen molar-refractivity contribution in [1.29, 1.82) is 5.26 Å². The van der Waals surface area contributed by atoms with Gasteiger partial charge >= 0.3 is 0 Å². The van der Waals surface area contributed by atoms with E-state index in [9.17, 15) is 5.26 Å². The van der Waals surface area contributed by atoms with Crippen LogP contribution in [-0.2, 0) is 0 Å². The van der Waals surface area contributed by atoms with Crippen LogP contribution in [0.4, 0.5) is 0 Å². The lowest BCUT2D eigenvalue weighted by Crippen LogP contribution is -1.94. The van der Waals surface area contributed by atoms with Crippen LogP contribution in [0.25, 0.3) is 27.5 Å². The molecule has 0 spiro atoms. The van der Waals surface area contributed by atoms with Crippen LogP contribution >= 0.6 is 15.9 Å². The first kappa shape index (κ1) is 13.1. The minimum absolute atomic E-state index is 0.629. The quantitative estimate of drug-likeness (QED) is 0.495. The van der Waals surface area contributed by atoms with Crippen molar-refractivity contribution in [1.82, 2.24) is 9.55 Å². The van der Waals surface area contributed by atoms with Gasteiger partial charge < -0.3 is 4.57 Å². The van der Waals surface area contributed by atoms with Crippen LogP contribution in [0.5, 0.6) is 0 Å². The van der Waals surface area contributed by atoms with Gasteiger partial charge in [-0.1, -0.05) is 34.1 Å². The number of rotatable bonds is 1. The lowest BCUT2D eigenvalue weighted by molar-refractivity contribution is 1.17. The molecule has 4 aromatic rings. The summed E-state index contributed by atoms with van der Waals surface area (Å²) in [7, 11) is 0. The van der Waals surface area contributed by atoms with Crippen molar-refractivity contribution in [3.63, 3.8) is 0 Å². The number of nitriles is 1. The largest absolute Gasteiger partial charge is 0.309 e. The van der Waals surface area contributed by atoms with E-state index >= 15 is 0 Å². The molecule has 0 aliphatic carbocycles.